The number of para-hydroxylation sites is 1. The number of anilines is 1. The van der Waals surface area contributed by atoms with Crippen LogP contribution in [0.4, 0.5) is 5.82 Å². The van der Waals surface area contributed by atoms with E-state index < -0.39 is 10.0 Å². The number of amides is 1. The molecule has 0 aliphatic rings. The molecule has 0 spiro atoms. The van der Waals surface area contributed by atoms with Crippen molar-refractivity contribution in [1.82, 2.24) is 10.3 Å². The summed E-state index contributed by atoms with van der Waals surface area (Å²) in [6.07, 6.45) is 0. The van der Waals surface area contributed by atoms with Crippen LogP contribution in [0.1, 0.15) is 22.8 Å². The molecule has 0 unspecified atom stereocenters. The van der Waals surface area contributed by atoms with Crippen LogP contribution in [0.15, 0.2) is 59.1 Å². The Balaban J connectivity index is 1.95. The van der Waals surface area contributed by atoms with Gasteiger partial charge in [0.2, 0.25) is 10.0 Å². The van der Waals surface area contributed by atoms with Crippen LogP contribution >= 0.6 is 15.9 Å². The van der Waals surface area contributed by atoms with Crippen LogP contribution in [0.5, 0.6) is 0 Å². The first-order valence-electron chi connectivity index (χ1n) is 8.31. The van der Waals surface area contributed by atoms with Gasteiger partial charge in [0.15, 0.2) is 0 Å². The van der Waals surface area contributed by atoms with Gasteiger partial charge in [-0.05, 0) is 36.8 Å². The van der Waals surface area contributed by atoms with E-state index in [0.717, 1.165) is 4.47 Å². The molecule has 0 saturated carbocycles. The van der Waals surface area contributed by atoms with Gasteiger partial charge in [-0.1, -0.05) is 46.3 Å². The van der Waals surface area contributed by atoms with E-state index in [1.165, 1.54) is 6.07 Å². The molecular formula is C19H18BrN3O3S. The number of carbonyl (C=O) groups is 1. The Hall–Kier alpha value is -2.45. The molecule has 2 aromatic carbocycles. The number of pyridine rings is 1. The summed E-state index contributed by atoms with van der Waals surface area (Å²) in [7, 11) is -3.69. The summed E-state index contributed by atoms with van der Waals surface area (Å²) in [5.41, 5.74) is 1.56. The number of halogens is 1. The number of sulfonamides is 1. The summed E-state index contributed by atoms with van der Waals surface area (Å²) in [5.74, 6) is -0.356. The Morgan fingerprint density at radius 3 is 2.63 bits per heavy atom. The average molecular weight is 448 g/mol. The first kappa shape index (κ1) is 19.3. The zero-order valence-electron chi connectivity index (χ0n) is 14.6. The van der Waals surface area contributed by atoms with Gasteiger partial charge in [0, 0.05) is 16.4 Å². The van der Waals surface area contributed by atoms with E-state index in [9.17, 15) is 13.2 Å². The normalized spacial score (nSPS) is 11.3. The predicted octanol–water partition coefficient (Wildman–Crippen LogP) is 3.69. The maximum atomic E-state index is 12.6. The van der Waals surface area contributed by atoms with Gasteiger partial charge < -0.3 is 5.32 Å². The second kappa shape index (κ2) is 8.06. The lowest BCUT2D eigenvalue weighted by Crippen LogP contribution is -2.23. The van der Waals surface area contributed by atoms with Gasteiger partial charge >= 0.3 is 0 Å². The fourth-order valence-corrected chi connectivity index (χ4v) is 4.27. The second-order valence-corrected chi connectivity index (χ2v) is 8.56. The topological polar surface area (TPSA) is 88.2 Å². The molecule has 1 amide bonds. The van der Waals surface area contributed by atoms with E-state index >= 15 is 0 Å². The summed E-state index contributed by atoms with van der Waals surface area (Å²) in [6.45, 7) is 2.29. The molecule has 1 heterocycles. The second-order valence-electron chi connectivity index (χ2n) is 5.92. The molecule has 0 bridgehead atoms. The van der Waals surface area contributed by atoms with Crippen LogP contribution in [0, 0.1) is 0 Å². The van der Waals surface area contributed by atoms with E-state index in [4.69, 9.17) is 0 Å². The molecule has 6 nitrogen and oxygen atoms in total. The number of carbonyl (C=O) groups excluding carboxylic acids is 1. The largest absolute Gasteiger partial charge is 0.352 e. The number of hydrogen-bond donors (Lipinski definition) is 2. The number of hydrogen-bond acceptors (Lipinski definition) is 4. The molecule has 8 heteroatoms. The van der Waals surface area contributed by atoms with Crippen molar-refractivity contribution in [1.29, 1.82) is 0 Å². The minimum atomic E-state index is -3.69. The smallest absolute Gasteiger partial charge is 0.252 e. The van der Waals surface area contributed by atoms with Crippen molar-refractivity contribution in [2.45, 2.75) is 12.7 Å². The maximum Gasteiger partial charge on any atom is 0.252 e. The number of rotatable bonds is 6. The molecular weight excluding hydrogens is 430 g/mol. The fourth-order valence-electron chi connectivity index (χ4n) is 2.71. The molecule has 0 atom stereocenters. The predicted molar refractivity (Wildman–Crippen MR) is 110 cm³/mol. The van der Waals surface area contributed by atoms with Gasteiger partial charge in [0.1, 0.15) is 5.82 Å². The van der Waals surface area contributed by atoms with Crippen molar-refractivity contribution in [2.24, 2.45) is 0 Å². The minimum Gasteiger partial charge on any atom is -0.352 e. The fraction of sp³-hybridized carbons (Fsp3) is 0.158. The molecule has 3 aromatic rings. The van der Waals surface area contributed by atoms with Crippen LogP contribution in [-0.4, -0.2) is 25.9 Å². The number of aromatic nitrogens is 1. The lowest BCUT2D eigenvalue weighted by molar-refractivity contribution is 0.0957. The highest BCUT2D eigenvalue weighted by atomic mass is 79.9. The lowest BCUT2D eigenvalue weighted by atomic mass is 10.1. The number of fused-ring (bicyclic) bond motifs is 1. The van der Waals surface area contributed by atoms with Crippen molar-refractivity contribution in [3.63, 3.8) is 0 Å². The van der Waals surface area contributed by atoms with E-state index in [2.05, 4.69) is 31.0 Å². The van der Waals surface area contributed by atoms with Gasteiger partial charge in [-0.3, -0.25) is 9.52 Å². The monoisotopic (exact) mass is 447 g/mol. The zero-order chi connectivity index (χ0) is 19.4. The molecule has 140 valence electrons. The van der Waals surface area contributed by atoms with Crippen LogP contribution in [-0.2, 0) is 15.8 Å². The van der Waals surface area contributed by atoms with E-state index in [1.807, 2.05) is 19.1 Å². The Kier molecular flexibility index (Phi) is 5.76. The first-order chi connectivity index (χ1) is 12.9. The van der Waals surface area contributed by atoms with Crippen molar-refractivity contribution in [3.8, 4) is 0 Å². The third-order valence-corrected chi connectivity index (χ3v) is 5.53. The standard InChI is InChI=1S/C19H18BrN3O3S/c1-2-21-19(24)16-11-18(22-17-9-4-3-8-15(16)17)23-27(25,26)12-13-6-5-7-14(20)10-13/h3-11H,2,12H2,1H3,(H,21,24)(H,22,23). The minimum absolute atomic E-state index is 0.116. The van der Waals surface area contributed by atoms with E-state index in [-0.39, 0.29) is 17.5 Å². The van der Waals surface area contributed by atoms with Crippen LogP contribution in [0.3, 0.4) is 0 Å². The molecule has 0 radical (unpaired) electrons. The van der Waals surface area contributed by atoms with E-state index in [0.29, 0.717) is 28.6 Å². The van der Waals surface area contributed by atoms with Gasteiger partial charge in [-0.15, -0.1) is 0 Å². The van der Waals surface area contributed by atoms with Gasteiger partial charge in [0.05, 0.1) is 16.8 Å². The van der Waals surface area contributed by atoms with Crippen LogP contribution < -0.4 is 10.0 Å². The van der Waals surface area contributed by atoms with Gasteiger partial charge in [-0.2, -0.15) is 0 Å². The molecule has 0 aliphatic heterocycles. The van der Waals surface area contributed by atoms with E-state index in [1.54, 1.807) is 36.4 Å². The number of benzene rings is 2. The molecule has 27 heavy (non-hydrogen) atoms. The third-order valence-electron chi connectivity index (χ3n) is 3.80. The van der Waals surface area contributed by atoms with Crippen molar-refractivity contribution < 1.29 is 13.2 Å². The summed E-state index contributed by atoms with van der Waals surface area (Å²) in [6, 6.07) is 15.7. The molecule has 2 N–H and O–H groups in total. The average Bonchev–Trinajstić information content (AvgIpc) is 2.60. The highest BCUT2D eigenvalue weighted by Gasteiger charge is 2.17. The number of nitrogens with one attached hydrogen (secondary N) is 2. The SMILES string of the molecule is CCNC(=O)c1cc(NS(=O)(=O)Cc2cccc(Br)c2)nc2ccccc12. The van der Waals surface area contributed by atoms with Crippen LogP contribution in [0.25, 0.3) is 10.9 Å². The summed E-state index contributed by atoms with van der Waals surface area (Å²) < 4.78 is 28.4. The summed E-state index contributed by atoms with van der Waals surface area (Å²) in [4.78, 5) is 16.7. The quantitative estimate of drug-likeness (QED) is 0.602. The Morgan fingerprint density at radius 2 is 1.89 bits per heavy atom. The maximum absolute atomic E-state index is 12.6. The molecule has 1 aromatic heterocycles. The zero-order valence-corrected chi connectivity index (χ0v) is 17.0. The first-order valence-corrected chi connectivity index (χ1v) is 10.8. The Bertz CT molecular complexity index is 1100. The molecule has 3 rings (SSSR count). The highest BCUT2D eigenvalue weighted by molar-refractivity contribution is 9.10. The van der Waals surface area contributed by atoms with Crippen molar-refractivity contribution in [2.75, 3.05) is 11.3 Å². The summed E-state index contributed by atoms with van der Waals surface area (Å²) in [5, 5.41) is 3.41. The lowest BCUT2D eigenvalue weighted by Gasteiger charge is -2.12. The molecule has 0 aliphatic carbocycles. The third kappa shape index (κ3) is 4.84. The molecule has 0 saturated heterocycles. The van der Waals surface area contributed by atoms with Crippen molar-refractivity contribution in [3.05, 3.63) is 70.2 Å². The Morgan fingerprint density at radius 1 is 1.11 bits per heavy atom. The van der Waals surface area contributed by atoms with Gasteiger partial charge in [0.25, 0.3) is 5.91 Å². The van der Waals surface area contributed by atoms with Crippen LogP contribution in [0.2, 0.25) is 0 Å². The summed E-state index contributed by atoms with van der Waals surface area (Å²) >= 11 is 3.33. The number of nitrogens with zero attached hydrogens (tertiary/aromatic N) is 1. The molecule has 0 fully saturated rings. The Labute approximate surface area is 166 Å². The van der Waals surface area contributed by atoms with Gasteiger partial charge in [-0.25, -0.2) is 13.4 Å². The van der Waals surface area contributed by atoms with Crippen molar-refractivity contribution >= 4 is 48.6 Å². The highest BCUT2D eigenvalue weighted by Crippen LogP contribution is 2.22.